The van der Waals surface area contributed by atoms with Crippen molar-refractivity contribution >= 4 is 25.7 Å². The molecule has 0 fully saturated rings. The summed E-state index contributed by atoms with van der Waals surface area (Å²) in [4.78, 5) is 45.6. The SMILES string of the molecule is CCCCC/C=C/C/C=C/C/C=C/CCCCC(=O)O[C@H](COC(=O)CCCCCCCCCCCC)COP(=O)(O)OC[C@H](N)C(=O)O. The lowest BCUT2D eigenvalue weighted by Gasteiger charge is -2.20. The first-order chi connectivity index (χ1) is 23.6. The van der Waals surface area contributed by atoms with Crippen LogP contribution in [0.5, 0.6) is 0 Å². The number of hydrogen-bond donors (Lipinski definition) is 3. The summed E-state index contributed by atoms with van der Waals surface area (Å²) in [6.45, 7) is 2.69. The van der Waals surface area contributed by atoms with E-state index in [0.717, 1.165) is 51.4 Å². The number of ether oxygens (including phenoxy) is 2. The molecule has 0 saturated heterocycles. The van der Waals surface area contributed by atoms with E-state index in [1.807, 2.05) is 0 Å². The summed E-state index contributed by atoms with van der Waals surface area (Å²) < 4.78 is 32.4. The van der Waals surface area contributed by atoms with Gasteiger partial charge in [-0.3, -0.25) is 23.4 Å². The molecular weight excluding hydrogens is 649 g/mol. The van der Waals surface area contributed by atoms with Gasteiger partial charge < -0.3 is 25.2 Å². The fourth-order valence-electron chi connectivity index (χ4n) is 4.66. The summed E-state index contributed by atoms with van der Waals surface area (Å²) in [5.74, 6) is -2.43. The Morgan fingerprint density at radius 3 is 1.65 bits per heavy atom. The average Bonchev–Trinajstić information content (AvgIpc) is 3.07. The number of esters is 2. The lowest BCUT2D eigenvalue weighted by Crippen LogP contribution is -2.34. The quantitative estimate of drug-likeness (QED) is 0.0251. The van der Waals surface area contributed by atoms with Crippen molar-refractivity contribution in [3.8, 4) is 0 Å². The standard InChI is InChI=1S/C37H66NO10P/c1-3-5-7-9-11-13-15-16-17-18-19-21-23-25-27-29-36(40)48-33(31-46-49(43,44)47-32-34(38)37(41)42)30-45-35(39)28-26-24-22-20-14-12-10-8-6-4-2/h11,13,16-17,19,21,33-34H,3-10,12,14-15,18,20,22-32,38H2,1-2H3,(H,41,42)(H,43,44)/b13-11+,17-16+,21-19+/t33-,34+/m1/s1. The number of aliphatic carboxylic acids is 1. The molecule has 0 aromatic rings. The Balaban J connectivity index is 4.54. The number of carbonyl (C=O) groups is 3. The van der Waals surface area contributed by atoms with Gasteiger partial charge in [-0.2, -0.15) is 0 Å². The lowest BCUT2D eigenvalue weighted by atomic mass is 10.1. The molecule has 0 aliphatic rings. The molecule has 0 heterocycles. The van der Waals surface area contributed by atoms with Gasteiger partial charge in [0.25, 0.3) is 0 Å². The molecule has 0 radical (unpaired) electrons. The van der Waals surface area contributed by atoms with Gasteiger partial charge in [0.05, 0.1) is 13.2 Å². The van der Waals surface area contributed by atoms with Crippen LogP contribution in [0.2, 0.25) is 0 Å². The van der Waals surface area contributed by atoms with Crippen molar-refractivity contribution in [2.45, 2.75) is 161 Å². The van der Waals surface area contributed by atoms with Gasteiger partial charge in [-0.05, 0) is 51.4 Å². The maximum atomic E-state index is 12.5. The number of unbranched alkanes of at least 4 members (excludes halogenated alkanes) is 14. The van der Waals surface area contributed by atoms with Gasteiger partial charge in [0.15, 0.2) is 6.10 Å². The van der Waals surface area contributed by atoms with Crippen molar-refractivity contribution < 1.29 is 47.5 Å². The predicted molar refractivity (Wildman–Crippen MR) is 194 cm³/mol. The number of rotatable bonds is 34. The van der Waals surface area contributed by atoms with Crippen LogP contribution in [0.25, 0.3) is 0 Å². The van der Waals surface area contributed by atoms with Gasteiger partial charge in [-0.25, -0.2) is 4.57 Å². The molecule has 0 saturated carbocycles. The Morgan fingerprint density at radius 1 is 0.633 bits per heavy atom. The van der Waals surface area contributed by atoms with E-state index in [0.29, 0.717) is 12.8 Å². The maximum Gasteiger partial charge on any atom is 0.472 e. The van der Waals surface area contributed by atoms with E-state index >= 15 is 0 Å². The van der Waals surface area contributed by atoms with Gasteiger partial charge in [0, 0.05) is 12.8 Å². The Morgan fingerprint density at radius 2 is 1.08 bits per heavy atom. The minimum absolute atomic E-state index is 0.113. The van der Waals surface area contributed by atoms with Gasteiger partial charge in [0.1, 0.15) is 12.6 Å². The number of phosphoric ester groups is 1. The number of hydrogen-bond acceptors (Lipinski definition) is 9. The summed E-state index contributed by atoms with van der Waals surface area (Å²) in [6, 6.07) is -1.52. The summed E-state index contributed by atoms with van der Waals surface area (Å²) in [5, 5.41) is 8.84. The topological polar surface area (TPSA) is 172 Å². The molecule has 4 N–H and O–H groups in total. The lowest BCUT2D eigenvalue weighted by molar-refractivity contribution is -0.161. The molecule has 0 spiro atoms. The van der Waals surface area contributed by atoms with Crippen LogP contribution in [0.4, 0.5) is 0 Å². The number of carboxylic acid groups (broad SMARTS) is 1. The van der Waals surface area contributed by atoms with E-state index in [9.17, 15) is 23.8 Å². The molecule has 0 amide bonds. The first-order valence-electron chi connectivity index (χ1n) is 18.5. The second-order valence-electron chi connectivity index (χ2n) is 12.4. The Labute approximate surface area is 295 Å². The smallest absolute Gasteiger partial charge is 0.472 e. The van der Waals surface area contributed by atoms with Crippen LogP contribution in [0.3, 0.4) is 0 Å². The van der Waals surface area contributed by atoms with Crippen LogP contribution in [-0.2, 0) is 37.5 Å². The number of nitrogens with two attached hydrogens (primary N) is 1. The molecular formula is C37H66NO10P. The molecule has 0 aliphatic carbocycles. The highest BCUT2D eigenvalue weighted by atomic mass is 31.2. The highest BCUT2D eigenvalue weighted by Gasteiger charge is 2.28. The molecule has 11 nitrogen and oxygen atoms in total. The highest BCUT2D eigenvalue weighted by molar-refractivity contribution is 7.47. The third kappa shape index (κ3) is 32.7. The van der Waals surface area contributed by atoms with Crippen LogP contribution in [0, 0.1) is 0 Å². The Bertz CT molecular complexity index is 984. The fraction of sp³-hybridized carbons (Fsp3) is 0.757. The molecule has 0 aliphatic heterocycles. The molecule has 1 unspecified atom stereocenters. The second-order valence-corrected chi connectivity index (χ2v) is 13.8. The molecule has 49 heavy (non-hydrogen) atoms. The minimum Gasteiger partial charge on any atom is -0.480 e. The summed E-state index contributed by atoms with van der Waals surface area (Å²) in [7, 11) is -4.71. The van der Waals surface area contributed by atoms with Gasteiger partial charge in [0.2, 0.25) is 0 Å². The molecule has 3 atom stereocenters. The van der Waals surface area contributed by atoms with Gasteiger partial charge >= 0.3 is 25.7 Å². The van der Waals surface area contributed by atoms with Crippen molar-refractivity contribution in [1.82, 2.24) is 0 Å². The summed E-state index contributed by atoms with van der Waals surface area (Å²) >= 11 is 0. The van der Waals surface area contributed by atoms with Crippen molar-refractivity contribution in [2.75, 3.05) is 19.8 Å². The molecule has 0 bridgehead atoms. The Hall–Kier alpha value is -2.30. The van der Waals surface area contributed by atoms with E-state index in [1.54, 1.807) is 0 Å². The van der Waals surface area contributed by atoms with E-state index in [1.165, 1.54) is 57.8 Å². The maximum absolute atomic E-state index is 12.5. The first-order valence-corrected chi connectivity index (χ1v) is 20.0. The average molecular weight is 716 g/mol. The van der Waals surface area contributed by atoms with E-state index < -0.39 is 51.1 Å². The number of phosphoric acid groups is 1. The zero-order valence-electron chi connectivity index (χ0n) is 30.3. The molecule has 12 heteroatoms. The number of allylic oxidation sites excluding steroid dienone is 6. The summed E-state index contributed by atoms with van der Waals surface area (Å²) in [5.41, 5.74) is 5.30. The van der Waals surface area contributed by atoms with E-state index in [2.05, 4.69) is 54.8 Å². The van der Waals surface area contributed by atoms with E-state index in [-0.39, 0.29) is 19.4 Å². The van der Waals surface area contributed by atoms with Crippen LogP contribution >= 0.6 is 7.82 Å². The largest absolute Gasteiger partial charge is 0.480 e. The van der Waals surface area contributed by atoms with Gasteiger partial charge in [-0.1, -0.05) is 121 Å². The predicted octanol–water partition coefficient (Wildman–Crippen LogP) is 8.89. The minimum atomic E-state index is -4.71. The van der Waals surface area contributed by atoms with Crippen LogP contribution < -0.4 is 5.73 Å². The van der Waals surface area contributed by atoms with Gasteiger partial charge in [-0.15, -0.1) is 0 Å². The van der Waals surface area contributed by atoms with Crippen molar-refractivity contribution in [1.29, 1.82) is 0 Å². The van der Waals surface area contributed by atoms with Crippen LogP contribution in [-0.4, -0.2) is 59.9 Å². The normalized spacial score (nSPS) is 14.4. The van der Waals surface area contributed by atoms with Crippen LogP contribution in [0.1, 0.15) is 149 Å². The first kappa shape index (κ1) is 46.7. The molecule has 0 rings (SSSR count). The number of carbonyl (C=O) groups excluding carboxylic acids is 2. The zero-order chi connectivity index (χ0) is 36.4. The second kappa shape index (κ2) is 32.9. The number of carboxylic acids is 1. The zero-order valence-corrected chi connectivity index (χ0v) is 31.2. The fourth-order valence-corrected chi connectivity index (χ4v) is 5.44. The van der Waals surface area contributed by atoms with E-state index in [4.69, 9.17) is 24.8 Å². The third-order valence-electron chi connectivity index (χ3n) is 7.64. The van der Waals surface area contributed by atoms with Crippen molar-refractivity contribution in [3.05, 3.63) is 36.5 Å². The molecule has 0 aromatic heterocycles. The summed E-state index contributed by atoms with van der Waals surface area (Å²) in [6.07, 6.45) is 32.2. The third-order valence-corrected chi connectivity index (χ3v) is 8.59. The molecule has 0 aromatic carbocycles. The van der Waals surface area contributed by atoms with Crippen LogP contribution in [0.15, 0.2) is 36.5 Å². The van der Waals surface area contributed by atoms with Crippen molar-refractivity contribution in [3.63, 3.8) is 0 Å². The molecule has 284 valence electrons. The Kier molecular flexibility index (Phi) is 31.3. The monoisotopic (exact) mass is 715 g/mol. The van der Waals surface area contributed by atoms with Crippen molar-refractivity contribution in [2.24, 2.45) is 5.73 Å². The highest BCUT2D eigenvalue weighted by Crippen LogP contribution is 2.43.